The van der Waals surface area contributed by atoms with Gasteiger partial charge in [-0.1, -0.05) is 12.1 Å². The van der Waals surface area contributed by atoms with Gasteiger partial charge in [-0.3, -0.25) is 4.79 Å². The maximum atomic E-state index is 12.2. The van der Waals surface area contributed by atoms with Crippen molar-refractivity contribution >= 4 is 5.78 Å². The monoisotopic (exact) mass is 248 g/mol. The lowest BCUT2D eigenvalue weighted by Crippen LogP contribution is -2.41. The molecule has 1 aromatic carbocycles. The molecule has 1 saturated carbocycles. The highest BCUT2D eigenvalue weighted by atomic mass is 16.5. The van der Waals surface area contributed by atoms with Gasteiger partial charge >= 0.3 is 0 Å². The third-order valence-electron chi connectivity index (χ3n) is 3.65. The highest BCUT2D eigenvalue weighted by Gasteiger charge is 2.39. The molecule has 0 N–H and O–H groups in total. The van der Waals surface area contributed by atoms with Crippen LogP contribution in [-0.4, -0.2) is 25.1 Å². The fourth-order valence-corrected chi connectivity index (χ4v) is 2.34. The first-order chi connectivity index (χ1) is 8.69. The van der Waals surface area contributed by atoms with E-state index in [0.717, 1.165) is 25.0 Å². The molecule has 0 aliphatic heterocycles. The number of carbonyl (C=O) groups is 1. The zero-order valence-electron chi connectivity index (χ0n) is 11.1. The molecular formula is C15H20O3. The van der Waals surface area contributed by atoms with E-state index in [0.29, 0.717) is 18.6 Å². The molecule has 3 nitrogen and oxygen atoms in total. The minimum Gasteiger partial charge on any atom is -0.494 e. The average molecular weight is 248 g/mol. The Morgan fingerprint density at radius 3 is 2.72 bits per heavy atom. The van der Waals surface area contributed by atoms with Crippen LogP contribution >= 0.6 is 0 Å². The second-order valence-corrected chi connectivity index (χ2v) is 4.80. The zero-order chi connectivity index (χ0) is 13.0. The van der Waals surface area contributed by atoms with Crippen molar-refractivity contribution in [1.29, 1.82) is 0 Å². The lowest BCUT2D eigenvalue weighted by molar-refractivity contribution is -0.0704. The first-order valence-corrected chi connectivity index (χ1v) is 6.50. The predicted molar refractivity (Wildman–Crippen MR) is 70.1 cm³/mol. The van der Waals surface area contributed by atoms with Gasteiger partial charge in [0.15, 0.2) is 5.78 Å². The Labute approximate surface area is 108 Å². The third kappa shape index (κ3) is 2.72. The lowest BCUT2D eigenvalue weighted by atomic mass is 9.76. The van der Waals surface area contributed by atoms with Crippen LogP contribution in [0.1, 0.15) is 43.0 Å². The van der Waals surface area contributed by atoms with Gasteiger partial charge in [-0.15, -0.1) is 0 Å². The van der Waals surface area contributed by atoms with E-state index in [1.807, 2.05) is 31.2 Å². The number of ether oxygens (including phenoxy) is 2. The molecule has 0 atom stereocenters. The van der Waals surface area contributed by atoms with Crippen molar-refractivity contribution in [3.8, 4) is 5.75 Å². The molecule has 0 saturated heterocycles. The van der Waals surface area contributed by atoms with Crippen LogP contribution in [0, 0.1) is 0 Å². The molecule has 98 valence electrons. The Hall–Kier alpha value is -1.35. The van der Waals surface area contributed by atoms with Crippen molar-refractivity contribution in [2.45, 2.75) is 38.2 Å². The van der Waals surface area contributed by atoms with Crippen molar-refractivity contribution in [2.24, 2.45) is 0 Å². The van der Waals surface area contributed by atoms with Gasteiger partial charge in [0.05, 0.1) is 12.2 Å². The van der Waals surface area contributed by atoms with Gasteiger partial charge in [0.2, 0.25) is 0 Å². The van der Waals surface area contributed by atoms with Crippen molar-refractivity contribution in [3.63, 3.8) is 0 Å². The summed E-state index contributed by atoms with van der Waals surface area (Å²) in [4.78, 5) is 12.2. The van der Waals surface area contributed by atoms with Crippen molar-refractivity contribution < 1.29 is 14.3 Å². The van der Waals surface area contributed by atoms with E-state index in [2.05, 4.69) is 0 Å². The number of benzene rings is 1. The standard InChI is InChI=1S/C15H20O3/c1-3-18-13-7-4-6-12(10-13)14(16)11-15(17-2)8-5-9-15/h4,6-7,10H,3,5,8-9,11H2,1-2H3. The molecule has 0 spiro atoms. The summed E-state index contributed by atoms with van der Waals surface area (Å²) >= 11 is 0. The molecule has 0 heterocycles. The van der Waals surface area contributed by atoms with E-state index in [9.17, 15) is 4.79 Å². The molecule has 1 fully saturated rings. The Balaban J connectivity index is 2.06. The topological polar surface area (TPSA) is 35.5 Å². The first-order valence-electron chi connectivity index (χ1n) is 6.50. The summed E-state index contributed by atoms with van der Waals surface area (Å²) in [6.45, 7) is 2.54. The molecule has 1 aromatic rings. The molecular weight excluding hydrogens is 228 g/mol. The van der Waals surface area contributed by atoms with Crippen LogP contribution in [0.2, 0.25) is 0 Å². The highest BCUT2D eigenvalue weighted by molar-refractivity contribution is 5.97. The zero-order valence-corrected chi connectivity index (χ0v) is 11.1. The molecule has 1 aliphatic rings. The quantitative estimate of drug-likeness (QED) is 0.725. The van der Waals surface area contributed by atoms with Crippen LogP contribution in [0.25, 0.3) is 0 Å². The summed E-state index contributed by atoms with van der Waals surface area (Å²) in [5.41, 5.74) is 0.503. The minimum absolute atomic E-state index is 0.137. The van der Waals surface area contributed by atoms with Gasteiger partial charge in [-0.2, -0.15) is 0 Å². The van der Waals surface area contributed by atoms with E-state index in [1.165, 1.54) is 0 Å². The fraction of sp³-hybridized carbons (Fsp3) is 0.533. The molecule has 3 heteroatoms. The van der Waals surface area contributed by atoms with Crippen LogP contribution in [0.15, 0.2) is 24.3 Å². The minimum atomic E-state index is -0.210. The fourth-order valence-electron chi connectivity index (χ4n) is 2.34. The number of methoxy groups -OCH3 is 1. The normalized spacial score (nSPS) is 17.0. The van der Waals surface area contributed by atoms with Gasteiger partial charge in [0, 0.05) is 19.1 Å². The molecule has 0 unspecified atom stereocenters. The summed E-state index contributed by atoms with van der Waals surface area (Å²) in [5.74, 6) is 0.890. The lowest BCUT2D eigenvalue weighted by Gasteiger charge is -2.40. The van der Waals surface area contributed by atoms with Crippen LogP contribution < -0.4 is 4.74 Å². The molecule has 1 aliphatic carbocycles. The number of rotatable bonds is 6. The maximum absolute atomic E-state index is 12.2. The maximum Gasteiger partial charge on any atom is 0.165 e. The van der Waals surface area contributed by atoms with Crippen LogP contribution in [0.3, 0.4) is 0 Å². The number of hydrogen-bond acceptors (Lipinski definition) is 3. The van der Waals surface area contributed by atoms with Crippen LogP contribution in [-0.2, 0) is 4.74 Å². The summed E-state index contributed by atoms with van der Waals surface area (Å²) in [7, 11) is 1.70. The molecule has 18 heavy (non-hydrogen) atoms. The van der Waals surface area contributed by atoms with Gasteiger partial charge in [-0.05, 0) is 38.3 Å². The van der Waals surface area contributed by atoms with Crippen molar-refractivity contribution in [2.75, 3.05) is 13.7 Å². The van der Waals surface area contributed by atoms with Crippen LogP contribution in [0.5, 0.6) is 5.75 Å². The van der Waals surface area contributed by atoms with Gasteiger partial charge in [0.25, 0.3) is 0 Å². The second-order valence-electron chi connectivity index (χ2n) is 4.80. The van der Waals surface area contributed by atoms with Crippen molar-refractivity contribution in [3.05, 3.63) is 29.8 Å². The highest BCUT2D eigenvalue weighted by Crippen LogP contribution is 2.38. The largest absolute Gasteiger partial charge is 0.494 e. The van der Waals surface area contributed by atoms with Crippen LogP contribution in [0.4, 0.5) is 0 Å². The predicted octanol–water partition coefficient (Wildman–Crippen LogP) is 3.23. The van der Waals surface area contributed by atoms with E-state index < -0.39 is 0 Å². The first kappa shape index (κ1) is 13.1. The smallest absolute Gasteiger partial charge is 0.165 e. The number of ketones is 1. The molecule has 0 amide bonds. The summed E-state index contributed by atoms with van der Waals surface area (Å²) in [6.07, 6.45) is 3.60. The van der Waals surface area contributed by atoms with Gasteiger partial charge in [-0.25, -0.2) is 0 Å². The second kappa shape index (κ2) is 5.53. The number of carbonyl (C=O) groups excluding carboxylic acids is 1. The van der Waals surface area contributed by atoms with Gasteiger partial charge in [0.1, 0.15) is 5.75 Å². The Morgan fingerprint density at radius 2 is 2.17 bits per heavy atom. The number of Topliss-reactive ketones (excluding diaryl/α,β-unsaturated/α-hetero) is 1. The van der Waals surface area contributed by atoms with E-state index >= 15 is 0 Å². The van der Waals surface area contributed by atoms with Gasteiger partial charge < -0.3 is 9.47 Å². The average Bonchev–Trinajstić information content (AvgIpc) is 2.34. The number of hydrogen-bond donors (Lipinski definition) is 0. The Morgan fingerprint density at radius 1 is 1.39 bits per heavy atom. The molecule has 0 aromatic heterocycles. The summed E-state index contributed by atoms with van der Waals surface area (Å²) < 4.78 is 10.9. The summed E-state index contributed by atoms with van der Waals surface area (Å²) in [5, 5.41) is 0. The third-order valence-corrected chi connectivity index (χ3v) is 3.65. The molecule has 0 radical (unpaired) electrons. The van der Waals surface area contributed by atoms with E-state index in [1.54, 1.807) is 7.11 Å². The summed E-state index contributed by atoms with van der Waals surface area (Å²) in [6, 6.07) is 7.38. The molecule has 0 bridgehead atoms. The van der Waals surface area contributed by atoms with Crippen molar-refractivity contribution in [1.82, 2.24) is 0 Å². The molecule has 2 rings (SSSR count). The Kier molecular flexibility index (Phi) is 4.02. The van der Waals surface area contributed by atoms with E-state index in [4.69, 9.17) is 9.47 Å². The van der Waals surface area contributed by atoms with E-state index in [-0.39, 0.29) is 11.4 Å². The SMILES string of the molecule is CCOc1cccc(C(=O)CC2(OC)CCC2)c1. The Bertz CT molecular complexity index is 416.